The maximum Gasteiger partial charge on any atom is 0.333 e. The van der Waals surface area contributed by atoms with Crippen LogP contribution in [0.3, 0.4) is 0 Å². The van der Waals surface area contributed by atoms with Crippen LogP contribution < -0.4 is 4.84 Å². The number of aliphatic hydroxyl groups is 3. The first-order valence-electron chi connectivity index (χ1n) is 13.8. The fourth-order valence-corrected chi connectivity index (χ4v) is 9.32. The number of aromatic nitrogens is 1. The van der Waals surface area contributed by atoms with Gasteiger partial charge in [0.05, 0.1) is 18.3 Å². The van der Waals surface area contributed by atoms with E-state index in [1.807, 2.05) is 0 Å². The Morgan fingerprint density at radius 2 is 1.75 bits per heavy atom. The number of carbonyl (C=O) groups is 1. The highest BCUT2D eigenvalue weighted by Crippen LogP contribution is 2.68. The van der Waals surface area contributed by atoms with Crippen LogP contribution in [-0.2, 0) is 4.79 Å². The Morgan fingerprint density at radius 1 is 1.06 bits per heavy atom. The predicted molar refractivity (Wildman–Crippen MR) is 132 cm³/mol. The van der Waals surface area contributed by atoms with E-state index in [4.69, 9.17) is 4.84 Å². The molecule has 8 nitrogen and oxygen atoms in total. The molecule has 1 aromatic rings. The molecule has 5 rings (SSSR count). The van der Waals surface area contributed by atoms with E-state index in [0.717, 1.165) is 38.5 Å². The first-order chi connectivity index (χ1) is 17.0. The molecule has 0 aliphatic heterocycles. The lowest BCUT2D eigenvalue weighted by Crippen LogP contribution is -2.62. The average molecular weight is 506 g/mol. The molecule has 0 aromatic carbocycles. The van der Waals surface area contributed by atoms with Gasteiger partial charge < -0.3 is 30.4 Å². The lowest BCUT2D eigenvalue weighted by Gasteiger charge is -2.63. The van der Waals surface area contributed by atoms with Crippen LogP contribution in [0.25, 0.3) is 0 Å². The molecule has 1 heterocycles. The first kappa shape index (κ1) is 25.9. The van der Waals surface area contributed by atoms with Crippen LogP contribution in [-0.4, -0.2) is 54.5 Å². The van der Waals surface area contributed by atoms with Crippen molar-refractivity contribution < 1.29 is 35.2 Å². The van der Waals surface area contributed by atoms with E-state index in [1.165, 1.54) is 12.1 Å². The van der Waals surface area contributed by atoms with Crippen molar-refractivity contribution in [2.24, 2.45) is 46.3 Å². The number of aliphatic hydroxyl groups excluding tert-OH is 3. The van der Waals surface area contributed by atoms with E-state index >= 15 is 0 Å². The highest BCUT2D eigenvalue weighted by atomic mass is 16.7. The van der Waals surface area contributed by atoms with Crippen molar-refractivity contribution in [2.75, 3.05) is 0 Å². The Hall–Kier alpha value is -1.77. The van der Waals surface area contributed by atoms with Crippen molar-refractivity contribution in [3.63, 3.8) is 0 Å². The summed E-state index contributed by atoms with van der Waals surface area (Å²) in [7, 11) is 0. The molecule has 36 heavy (non-hydrogen) atoms. The summed E-state index contributed by atoms with van der Waals surface area (Å²) in [5, 5.41) is 52.8. The SMILES string of the molecule is C[C@H](CCC(=O)On1c(O)ccc1O)[C@H]1CCC2C3C(C[C@H](O)[C@@]21C)[C@@]1(C)CC[C@@H](O)C[C@H]1C[C@H]3O. The Kier molecular flexibility index (Phi) is 6.61. The van der Waals surface area contributed by atoms with Crippen LogP contribution in [0, 0.1) is 46.3 Å². The number of fused-ring (bicyclic) bond motifs is 5. The second kappa shape index (κ2) is 9.21. The third-order valence-corrected chi connectivity index (χ3v) is 11.3. The van der Waals surface area contributed by atoms with Crippen LogP contribution >= 0.6 is 0 Å². The van der Waals surface area contributed by atoms with Crippen LogP contribution in [0.4, 0.5) is 0 Å². The summed E-state index contributed by atoms with van der Waals surface area (Å²) in [4.78, 5) is 17.5. The second-order valence-corrected chi connectivity index (χ2v) is 12.8. The molecule has 4 aliphatic carbocycles. The molecular formula is C28H43NO7. The molecule has 1 aromatic heterocycles. The van der Waals surface area contributed by atoms with Crippen molar-refractivity contribution >= 4 is 5.97 Å². The van der Waals surface area contributed by atoms with Gasteiger partial charge in [0.2, 0.25) is 11.8 Å². The molecule has 0 saturated heterocycles. The number of hydrogen-bond donors (Lipinski definition) is 5. The Bertz CT molecular complexity index is 960. The summed E-state index contributed by atoms with van der Waals surface area (Å²) in [6.07, 6.45) is 5.45. The van der Waals surface area contributed by atoms with Crippen LogP contribution in [0.15, 0.2) is 12.1 Å². The minimum atomic E-state index is -0.534. The number of rotatable bonds is 5. The van der Waals surface area contributed by atoms with Crippen LogP contribution in [0.5, 0.6) is 11.8 Å². The molecule has 202 valence electrons. The smallest absolute Gasteiger partial charge is 0.333 e. The molecule has 0 radical (unpaired) electrons. The first-order valence-corrected chi connectivity index (χ1v) is 13.8. The summed E-state index contributed by atoms with van der Waals surface area (Å²) >= 11 is 0. The van der Waals surface area contributed by atoms with Crippen LogP contribution in [0.1, 0.15) is 78.6 Å². The summed E-state index contributed by atoms with van der Waals surface area (Å²) in [6, 6.07) is 2.50. The summed E-state index contributed by atoms with van der Waals surface area (Å²) < 4.78 is 0.716. The lowest BCUT2D eigenvalue weighted by atomic mass is 9.43. The van der Waals surface area contributed by atoms with Gasteiger partial charge in [0.15, 0.2) is 0 Å². The van der Waals surface area contributed by atoms with Crippen molar-refractivity contribution in [1.82, 2.24) is 4.73 Å². The van der Waals surface area contributed by atoms with Crippen molar-refractivity contribution in [1.29, 1.82) is 0 Å². The third-order valence-electron chi connectivity index (χ3n) is 11.3. The van der Waals surface area contributed by atoms with E-state index in [1.54, 1.807) is 0 Å². The summed E-state index contributed by atoms with van der Waals surface area (Å²) in [5.74, 6) is 0.145. The molecule has 0 bridgehead atoms. The third kappa shape index (κ3) is 3.95. The highest BCUT2D eigenvalue weighted by molar-refractivity contribution is 5.69. The summed E-state index contributed by atoms with van der Waals surface area (Å²) in [5.41, 5.74) is -0.270. The zero-order valence-corrected chi connectivity index (χ0v) is 21.7. The van der Waals surface area contributed by atoms with Gasteiger partial charge in [-0.15, -0.1) is 4.73 Å². The zero-order valence-electron chi connectivity index (χ0n) is 21.7. The van der Waals surface area contributed by atoms with Gasteiger partial charge in [-0.05, 0) is 97.7 Å². The van der Waals surface area contributed by atoms with Crippen LogP contribution in [0.2, 0.25) is 0 Å². The molecule has 0 amide bonds. The monoisotopic (exact) mass is 505 g/mol. The maximum atomic E-state index is 12.4. The van der Waals surface area contributed by atoms with Gasteiger partial charge >= 0.3 is 5.97 Å². The molecule has 4 saturated carbocycles. The predicted octanol–water partition coefficient (Wildman–Crippen LogP) is 3.23. The second-order valence-electron chi connectivity index (χ2n) is 12.8. The van der Waals surface area contributed by atoms with Gasteiger partial charge in [-0.25, -0.2) is 4.79 Å². The van der Waals surface area contributed by atoms with E-state index < -0.39 is 18.2 Å². The largest absolute Gasteiger partial charge is 0.492 e. The molecule has 3 unspecified atom stereocenters. The number of carbonyl (C=O) groups excluding carboxylic acids is 1. The molecule has 4 aliphatic rings. The van der Waals surface area contributed by atoms with Crippen molar-refractivity contribution in [2.45, 2.75) is 96.9 Å². The number of hydrogen-bond acceptors (Lipinski definition) is 7. The lowest BCUT2D eigenvalue weighted by molar-refractivity contribution is -0.207. The Labute approximate surface area is 213 Å². The highest BCUT2D eigenvalue weighted by Gasteiger charge is 2.65. The van der Waals surface area contributed by atoms with Gasteiger partial charge in [0.25, 0.3) is 0 Å². The van der Waals surface area contributed by atoms with Gasteiger partial charge in [-0.2, -0.15) is 0 Å². The minimum absolute atomic E-state index is 0.0501. The maximum absolute atomic E-state index is 12.4. The zero-order chi connectivity index (χ0) is 26.0. The van der Waals surface area contributed by atoms with E-state index in [0.29, 0.717) is 23.5 Å². The van der Waals surface area contributed by atoms with E-state index in [9.17, 15) is 30.3 Å². The van der Waals surface area contributed by atoms with Gasteiger partial charge in [0, 0.05) is 18.6 Å². The number of nitrogens with zero attached hydrogens (tertiary/aromatic N) is 1. The fourth-order valence-electron chi connectivity index (χ4n) is 9.32. The van der Waals surface area contributed by atoms with Gasteiger partial charge in [-0.1, -0.05) is 20.8 Å². The van der Waals surface area contributed by atoms with Crippen molar-refractivity contribution in [3.8, 4) is 11.8 Å². The molecule has 4 fully saturated rings. The van der Waals surface area contributed by atoms with Crippen molar-refractivity contribution in [3.05, 3.63) is 12.1 Å². The molecular weight excluding hydrogens is 462 g/mol. The van der Waals surface area contributed by atoms with E-state index in [2.05, 4.69) is 20.8 Å². The summed E-state index contributed by atoms with van der Waals surface area (Å²) in [6.45, 7) is 6.67. The fraction of sp³-hybridized carbons (Fsp3) is 0.821. The topological polar surface area (TPSA) is 132 Å². The Morgan fingerprint density at radius 3 is 2.44 bits per heavy atom. The molecule has 0 spiro atoms. The standard InChI is InChI=1S/C28H43NO7/c1-15(4-9-25(35)36-29-23(33)7-8-24(29)34)18-5-6-19-26-20(14-22(32)28(18,19)3)27(2)11-10-17(30)12-16(27)13-21(26)31/h7-8,15-22,26,30-34H,4-6,9-14H2,1-3H3/t15-,16+,17-,18-,19?,20?,21-,22+,26?,27+,28-/m1/s1. The molecule has 5 N–H and O–H groups in total. The molecule has 8 heteroatoms. The van der Waals surface area contributed by atoms with E-state index in [-0.39, 0.29) is 64.7 Å². The molecule has 11 atom stereocenters. The van der Waals surface area contributed by atoms with Gasteiger partial charge in [-0.3, -0.25) is 0 Å². The normalized spacial score (nSPS) is 44.8. The minimum Gasteiger partial charge on any atom is -0.492 e. The van der Waals surface area contributed by atoms with Gasteiger partial charge in [0.1, 0.15) is 0 Å². The average Bonchev–Trinajstić information content (AvgIpc) is 3.34. The number of aromatic hydroxyl groups is 2. The Balaban J connectivity index is 1.29. The quantitative estimate of drug-likeness (QED) is 0.415.